The summed E-state index contributed by atoms with van der Waals surface area (Å²) < 4.78 is 0. The maximum absolute atomic E-state index is 6.43. The van der Waals surface area contributed by atoms with Gasteiger partial charge in [0.2, 0.25) is 0 Å². The minimum atomic E-state index is 0.294. The van der Waals surface area contributed by atoms with Crippen molar-refractivity contribution in [1.82, 2.24) is 0 Å². The van der Waals surface area contributed by atoms with Gasteiger partial charge in [-0.1, -0.05) is 0 Å². The molecule has 0 radical (unpaired) electrons. The Hall–Kier alpha value is 0.580. The van der Waals surface area contributed by atoms with Crippen molar-refractivity contribution in [2.24, 2.45) is 35.5 Å². The molecule has 4 aliphatic carbocycles. The highest BCUT2D eigenvalue weighted by atomic mass is 35.5. The molecule has 0 nitrogen and oxygen atoms in total. The van der Waals surface area contributed by atoms with E-state index in [-0.39, 0.29) is 0 Å². The minimum absolute atomic E-state index is 0.294. The molecule has 0 aromatic heterocycles. The molecule has 0 aromatic rings. The van der Waals surface area contributed by atoms with Gasteiger partial charge in [0.05, 0.1) is 10.8 Å². The topological polar surface area (TPSA) is 0 Å². The SMILES string of the molecule is ClC1C(Cl)C2CC1C1C3CCC(C3)C21. The van der Waals surface area contributed by atoms with Gasteiger partial charge >= 0.3 is 0 Å². The molecule has 0 N–H and O–H groups in total. The van der Waals surface area contributed by atoms with Crippen LogP contribution in [0.15, 0.2) is 0 Å². The molecule has 0 amide bonds. The number of rotatable bonds is 0. The first-order valence-electron chi connectivity index (χ1n) is 6.05. The van der Waals surface area contributed by atoms with E-state index < -0.39 is 0 Å². The van der Waals surface area contributed by atoms with Crippen LogP contribution < -0.4 is 0 Å². The fourth-order valence-electron chi connectivity index (χ4n) is 5.44. The van der Waals surface area contributed by atoms with Crippen molar-refractivity contribution in [3.05, 3.63) is 0 Å². The lowest BCUT2D eigenvalue weighted by Crippen LogP contribution is -2.39. The summed E-state index contributed by atoms with van der Waals surface area (Å²) in [4.78, 5) is 0. The zero-order valence-electron chi connectivity index (χ0n) is 8.20. The summed E-state index contributed by atoms with van der Waals surface area (Å²) in [5.74, 6) is 5.59. The molecule has 2 heteroatoms. The zero-order chi connectivity index (χ0) is 9.45. The van der Waals surface area contributed by atoms with E-state index in [9.17, 15) is 0 Å². The van der Waals surface area contributed by atoms with Crippen molar-refractivity contribution in [2.75, 3.05) is 0 Å². The van der Waals surface area contributed by atoms with Crippen LogP contribution in [0, 0.1) is 35.5 Å². The summed E-state index contributed by atoms with van der Waals surface area (Å²) in [6, 6.07) is 0. The fourth-order valence-corrected chi connectivity index (χ4v) is 6.35. The largest absolute Gasteiger partial charge is 0.121 e. The maximum Gasteiger partial charge on any atom is 0.0533 e. The van der Waals surface area contributed by atoms with Crippen LogP contribution in [0.1, 0.15) is 25.7 Å². The molecular formula is C12H16Cl2. The number of hydrogen-bond donors (Lipinski definition) is 0. The molecule has 0 spiro atoms. The Kier molecular flexibility index (Phi) is 1.64. The van der Waals surface area contributed by atoms with E-state index in [1.54, 1.807) is 0 Å². The Morgan fingerprint density at radius 3 is 1.71 bits per heavy atom. The number of hydrogen-bond acceptors (Lipinski definition) is 0. The average Bonchev–Trinajstić information content (AvgIpc) is 2.87. The van der Waals surface area contributed by atoms with Crippen LogP contribution in [0.25, 0.3) is 0 Å². The van der Waals surface area contributed by atoms with Crippen molar-refractivity contribution in [3.8, 4) is 0 Å². The molecule has 4 saturated carbocycles. The molecule has 0 saturated heterocycles. The highest BCUT2D eigenvalue weighted by Crippen LogP contribution is 2.68. The zero-order valence-corrected chi connectivity index (χ0v) is 9.72. The van der Waals surface area contributed by atoms with Gasteiger partial charge in [0.1, 0.15) is 0 Å². The van der Waals surface area contributed by atoms with Gasteiger partial charge in [-0.2, -0.15) is 0 Å². The summed E-state index contributed by atoms with van der Waals surface area (Å²) in [6.45, 7) is 0. The highest BCUT2D eigenvalue weighted by Gasteiger charge is 2.64. The molecule has 4 bridgehead atoms. The third-order valence-corrected chi connectivity index (χ3v) is 7.02. The Bertz CT molecular complexity index is 251. The Balaban J connectivity index is 1.74. The van der Waals surface area contributed by atoms with Crippen molar-refractivity contribution in [1.29, 1.82) is 0 Å². The quantitative estimate of drug-likeness (QED) is 0.442. The lowest BCUT2D eigenvalue weighted by Gasteiger charge is -2.39. The predicted octanol–water partition coefficient (Wildman–Crippen LogP) is 3.51. The molecule has 78 valence electrons. The normalized spacial score (nSPS) is 69.0. The molecule has 0 heterocycles. The van der Waals surface area contributed by atoms with Crippen LogP contribution in [0.2, 0.25) is 0 Å². The van der Waals surface area contributed by atoms with Gasteiger partial charge in [-0.15, -0.1) is 23.2 Å². The molecule has 8 atom stereocenters. The second-order valence-corrected chi connectivity index (χ2v) is 6.95. The fraction of sp³-hybridized carbons (Fsp3) is 1.00. The lowest BCUT2D eigenvalue weighted by atomic mass is 9.71. The Morgan fingerprint density at radius 2 is 1.21 bits per heavy atom. The first-order chi connectivity index (χ1) is 6.77. The molecule has 0 aromatic carbocycles. The minimum Gasteiger partial charge on any atom is -0.121 e. The van der Waals surface area contributed by atoms with Gasteiger partial charge in [-0.25, -0.2) is 0 Å². The van der Waals surface area contributed by atoms with Gasteiger partial charge in [-0.3, -0.25) is 0 Å². The summed E-state index contributed by atoms with van der Waals surface area (Å²) in [5.41, 5.74) is 0. The maximum atomic E-state index is 6.43. The lowest BCUT2D eigenvalue weighted by molar-refractivity contribution is 0.151. The molecular weight excluding hydrogens is 215 g/mol. The number of alkyl halides is 2. The second-order valence-electron chi connectivity index (χ2n) is 5.94. The second kappa shape index (κ2) is 2.63. The monoisotopic (exact) mass is 230 g/mol. The first kappa shape index (κ1) is 8.70. The molecule has 8 unspecified atom stereocenters. The predicted molar refractivity (Wildman–Crippen MR) is 58.7 cm³/mol. The molecule has 4 rings (SSSR count). The number of halogens is 2. The van der Waals surface area contributed by atoms with E-state index in [0.29, 0.717) is 10.8 Å². The van der Waals surface area contributed by atoms with Crippen molar-refractivity contribution < 1.29 is 0 Å². The van der Waals surface area contributed by atoms with E-state index in [4.69, 9.17) is 23.2 Å². The standard InChI is InChI=1S/C12H16Cl2/c13-11-7-4-8(12(11)14)10-6-2-1-5(3-6)9(7)10/h5-12H,1-4H2. The Labute approximate surface area is 95.3 Å². The van der Waals surface area contributed by atoms with E-state index in [1.807, 2.05) is 0 Å². The molecule has 14 heavy (non-hydrogen) atoms. The van der Waals surface area contributed by atoms with Gasteiger partial charge in [0.25, 0.3) is 0 Å². The Morgan fingerprint density at radius 1 is 0.714 bits per heavy atom. The van der Waals surface area contributed by atoms with Gasteiger partial charge in [-0.05, 0) is 61.2 Å². The van der Waals surface area contributed by atoms with Gasteiger partial charge < -0.3 is 0 Å². The van der Waals surface area contributed by atoms with Crippen LogP contribution in [-0.2, 0) is 0 Å². The van der Waals surface area contributed by atoms with Crippen molar-refractivity contribution >= 4 is 23.2 Å². The third kappa shape index (κ3) is 0.812. The average molecular weight is 231 g/mol. The van der Waals surface area contributed by atoms with Crippen LogP contribution in [-0.4, -0.2) is 10.8 Å². The first-order valence-corrected chi connectivity index (χ1v) is 6.93. The van der Waals surface area contributed by atoms with Crippen molar-refractivity contribution in [2.45, 2.75) is 36.4 Å². The van der Waals surface area contributed by atoms with Crippen LogP contribution in [0.4, 0.5) is 0 Å². The van der Waals surface area contributed by atoms with Crippen molar-refractivity contribution in [3.63, 3.8) is 0 Å². The van der Waals surface area contributed by atoms with E-state index in [2.05, 4.69) is 0 Å². The van der Waals surface area contributed by atoms with Crippen LogP contribution >= 0.6 is 23.2 Å². The van der Waals surface area contributed by atoms with Crippen LogP contribution in [0.3, 0.4) is 0 Å². The highest BCUT2D eigenvalue weighted by molar-refractivity contribution is 6.30. The summed E-state index contributed by atoms with van der Waals surface area (Å²) in [5, 5.41) is 0.588. The summed E-state index contributed by atoms with van der Waals surface area (Å²) in [7, 11) is 0. The third-order valence-electron chi connectivity index (χ3n) is 5.70. The molecule has 4 aliphatic rings. The molecule has 0 aliphatic heterocycles. The van der Waals surface area contributed by atoms with Crippen LogP contribution in [0.5, 0.6) is 0 Å². The summed E-state index contributed by atoms with van der Waals surface area (Å²) >= 11 is 12.9. The van der Waals surface area contributed by atoms with E-state index in [1.165, 1.54) is 25.7 Å². The molecule has 4 fully saturated rings. The smallest absolute Gasteiger partial charge is 0.0533 e. The van der Waals surface area contributed by atoms with Gasteiger partial charge in [0.15, 0.2) is 0 Å². The van der Waals surface area contributed by atoms with E-state index in [0.717, 1.165) is 35.5 Å². The summed E-state index contributed by atoms with van der Waals surface area (Å²) in [6.07, 6.45) is 5.84. The number of fused-ring (bicyclic) bond motifs is 9. The van der Waals surface area contributed by atoms with Gasteiger partial charge in [0, 0.05) is 0 Å². The van der Waals surface area contributed by atoms with E-state index >= 15 is 0 Å².